The third kappa shape index (κ3) is 3.55. The molecule has 0 saturated carbocycles. The number of rotatable bonds is 4. The number of fused-ring (bicyclic) bond motifs is 1. The molecule has 2 unspecified atom stereocenters. The standard InChI is InChI=1S/C26H21O2S/c1-4-26(3,21-10-6-5-7-11-21)28-25(27)20-14-16-22(17-15-20)29-18-19(2)23-12-8-9-13-24(23)29/h1,5-18H,2-3H3/q+1. The van der Waals surface area contributed by atoms with E-state index in [1.54, 1.807) is 6.92 Å². The topological polar surface area (TPSA) is 26.3 Å². The molecule has 0 bridgehead atoms. The van der Waals surface area contributed by atoms with Crippen LogP contribution in [0.3, 0.4) is 0 Å². The first-order valence-electron chi connectivity index (χ1n) is 9.39. The molecule has 0 saturated heterocycles. The molecule has 0 amide bonds. The van der Waals surface area contributed by atoms with Gasteiger partial charge in [-0.25, -0.2) is 4.79 Å². The Kier molecular flexibility index (Phi) is 4.96. The maximum atomic E-state index is 12.7. The second-order valence-corrected chi connectivity index (χ2v) is 8.91. The fourth-order valence-corrected chi connectivity index (χ4v) is 5.51. The van der Waals surface area contributed by atoms with Gasteiger partial charge < -0.3 is 4.74 Å². The predicted octanol–water partition coefficient (Wildman–Crippen LogP) is 6.59. The molecule has 4 rings (SSSR count). The van der Waals surface area contributed by atoms with Crippen molar-refractivity contribution >= 4 is 26.5 Å². The lowest BCUT2D eigenvalue weighted by molar-refractivity contribution is 0.0129. The number of esters is 1. The van der Waals surface area contributed by atoms with Crippen molar-refractivity contribution in [3.8, 4) is 17.2 Å². The van der Waals surface area contributed by atoms with Gasteiger partial charge in [-0.1, -0.05) is 48.4 Å². The first-order chi connectivity index (χ1) is 14.0. The number of thiophene rings is 1. The molecule has 1 heterocycles. The maximum absolute atomic E-state index is 12.7. The fourth-order valence-electron chi connectivity index (χ4n) is 3.39. The molecule has 29 heavy (non-hydrogen) atoms. The van der Waals surface area contributed by atoms with Gasteiger partial charge in [0.1, 0.15) is 5.38 Å². The molecule has 0 aliphatic heterocycles. The van der Waals surface area contributed by atoms with Gasteiger partial charge in [-0.15, -0.1) is 6.42 Å². The van der Waals surface area contributed by atoms with Crippen LogP contribution in [-0.4, -0.2) is 5.97 Å². The number of carbonyl (C=O) groups excluding carboxylic acids is 1. The van der Waals surface area contributed by atoms with Crippen LogP contribution < -0.4 is 0 Å². The third-order valence-electron chi connectivity index (χ3n) is 5.08. The van der Waals surface area contributed by atoms with Crippen molar-refractivity contribution in [3.63, 3.8) is 0 Å². The summed E-state index contributed by atoms with van der Waals surface area (Å²) in [4.78, 5) is 13.9. The zero-order valence-electron chi connectivity index (χ0n) is 16.4. The lowest BCUT2D eigenvalue weighted by Crippen LogP contribution is -2.27. The van der Waals surface area contributed by atoms with Gasteiger partial charge in [-0.3, -0.25) is 0 Å². The lowest BCUT2D eigenvalue weighted by Gasteiger charge is -2.24. The van der Waals surface area contributed by atoms with E-state index in [1.165, 1.54) is 20.5 Å². The van der Waals surface area contributed by atoms with Gasteiger partial charge in [0.25, 0.3) is 0 Å². The summed E-state index contributed by atoms with van der Waals surface area (Å²) in [5, 5.41) is 3.59. The van der Waals surface area contributed by atoms with Gasteiger partial charge in [0, 0.05) is 27.0 Å². The summed E-state index contributed by atoms with van der Waals surface area (Å²) in [5.41, 5.74) is 1.45. The Morgan fingerprint density at radius 2 is 1.62 bits per heavy atom. The average molecular weight is 398 g/mol. The Hall–Kier alpha value is -3.35. The molecule has 2 nitrogen and oxygen atoms in total. The number of aryl methyl sites for hydroxylation is 1. The van der Waals surface area contributed by atoms with Crippen molar-refractivity contribution in [1.29, 1.82) is 0 Å². The van der Waals surface area contributed by atoms with Crippen LogP contribution in [0.25, 0.3) is 15.0 Å². The average Bonchev–Trinajstić information content (AvgIpc) is 3.11. The highest BCUT2D eigenvalue weighted by Crippen LogP contribution is 2.41. The molecule has 3 heteroatoms. The molecular weight excluding hydrogens is 376 g/mol. The minimum Gasteiger partial charge on any atom is -0.438 e. The normalized spacial score (nSPS) is 13.5. The molecule has 2 atom stereocenters. The predicted molar refractivity (Wildman–Crippen MR) is 121 cm³/mol. The first kappa shape index (κ1) is 19.0. The zero-order chi connectivity index (χ0) is 20.4. The van der Waals surface area contributed by atoms with Crippen LogP contribution in [0.2, 0.25) is 0 Å². The van der Waals surface area contributed by atoms with Crippen molar-refractivity contribution in [2.45, 2.75) is 19.4 Å². The largest absolute Gasteiger partial charge is 0.438 e. The highest BCUT2D eigenvalue weighted by molar-refractivity contribution is 7.43. The molecule has 0 spiro atoms. The SMILES string of the molecule is C#CC(C)(OC(=O)c1ccc(-[s+]2cc(C)c3ccccc32)cc1)c1ccccc1. The smallest absolute Gasteiger partial charge is 0.339 e. The van der Waals surface area contributed by atoms with E-state index in [4.69, 9.17) is 11.2 Å². The van der Waals surface area contributed by atoms with Crippen LogP contribution in [0.4, 0.5) is 0 Å². The lowest BCUT2D eigenvalue weighted by atomic mass is 9.96. The van der Waals surface area contributed by atoms with Gasteiger partial charge in [-0.2, -0.15) is 0 Å². The summed E-state index contributed by atoms with van der Waals surface area (Å²) in [6.07, 6.45) is 5.70. The van der Waals surface area contributed by atoms with Gasteiger partial charge in [-0.05, 0) is 50.2 Å². The van der Waals surface area contributed by atoms with E-state index in [0.29, 0.717) is 5.56 Å². The molecule has 0 N–H and O–H groups in total. The van der Waals surface area contributed by atoms with Gasteiger partial charge in [0.05, 0.1) is 5.56 Å². The van der Waals surface area contributed by atoms with Crippen LogP contribution in [-0.2, 0) is 10.3 Å². The Labute approximate surface area is 173 Å². The van der Waals surface area contributed by atoms with E-state index in [2.05, 4.69) is 42.5 Å². The van der Waals surface area contributed by atoms with Gasteiger partial charge >= 0.3 is 5.97 Å². The zero-order valence-corrected chi connectivity index (χ0v) is 17.2. The summed E-state index contributed by atoms with van der Waals surface area (Å²) >= 11 is 0. The van der Waals surface area contributed by atoms with Crippen molar-refractivity contribution < 1.29 is 9.53 Å². The van der Waals surface area contributed by atoms with Crippen LogP contribution in [0.5, 0.6) is 0 Å². The number of hydrogen-bond acceptors (Lipinski definition) is 2. The quantitative estimate of drug-likeness (QED) is 0.220. The maximum Gasteiger partial charge on any atom is 0.339 e. The minimum absolute atomic E-state index is 0.114. The van der Waals surface area contributed by atoms with E-state index >= 15 is 0 Å². The summed E-state index contributed by atoms with van der Waals surface area (Å²) in [7, 11) is -0.114. The van der Waals surface area contributed by atoms with Gasteiger partial charge in [0.15, 0.2) is 15.2 Å². The molecule has 1 aromatic heterocycles. The molecule has 4 aromatic rings. The molecule has 0 fully saturated rings. The van der Waals surface area contributed by atoms with E-state index in [1.807, 2.05) is 54.6 Å². The molecule has 0 aliphatic rings. The number of terminal acetylenes is 1. The van der Waals surface area contributed by atoms with E-state index in [-0.39, 0.29) is 10.5 Å². The second-order valence-electron chi connectivity index (χ2n) is 7.09. The fraction of sp³-hybridized carbons (Fsp3) is 0.115. The Bertz CT molecular complexity index is 1210. The monoisotopic (exact) mass is 397 g/mol. The third-order valence-corrected chi connectivity index (χ3v) is 7.28. The highest BCUT2D eigenvalue weighted by atomic mass is 32.2. The highest BCUT2D eigenvalue weighted by Gasteiger charge is 2.29. The number of hydrogen-bond donors (Lipinski definition) is 0. The first-order valence-corrected chi connectivity index (χ1v) is 10.7. The van der Waals surface area contributed by atoms with Crippen molar-refractivity contribution in [3.05, 3.63) is 101 Å². The number of carbonyl (C=O) groups is 1. The minimum atomic E-state index is -1.11. The Morgan fingerprint density at radius 1 is 0.966 bits per heavy atom. The molecular formula is C26H21O2S+. The van der Waals surface area contributed by atoms with Crippen LogP contribution in [0.1, 0.15) is 28.4 Å². The number of ether oxygens (including phenoxy) is 1. The van der Waals surface area contributed by atoms with Crippen LogP contribution >= 0.6 is 10.5 Å². The second kappa shape index (κ2) is 7.58. The molecule has 142 valence electrons. The van der Waals surface area contributed by atoms with Crippen LogP contribution in [0.15, 0.2) is 84.2 Å². The Morgan fingerprint density at radius 3 is 2.31 bits per heavy atom. The molecule has 3 aromatic carbocycles. The summed E-state index contributed by atoms with van der Waals surface area (Å²) in [6, 6.07) is 25.5. The van der Waals surface area contributed by atoms with Crippen molar-refractivity contribution in [2.75, 3.05) is 0 Å². The summed E-state index contributed by atoms with van der Waals surface area (Å²) in [6.45, 7) is 3.88. The van der Waals surface area contributed by atoms with Gasteiger partial charge in [0.2, 0.25) is 0 Å². The Balaban J connectivity index is 1.61. The molecule has 0 aliphatic carbocycles. The summed E-state index contributed by atoms with van der Waals surface area (Å²) < 4.78 is 7.04. The van der Waals surface area contributed by atoms with Crippen LogP contribution in [0, 0.1) is 19.3 Å². The summed E-state index contributed by atoms with van der Waals surface area (Å²) in [5.74, 6) is 2.19. The number of benzene rings is 3. The van der Waals surface area contributed by atoms with E-state index in [9.17, 15) is 4.79 Å². The van der Waals surface area contributed by atoms with E-state index in [0.717, 1.165) is 5.56 Å². The van der Waals surface area contributed by atoms with E-state index < -0.39 is 11.6 Å². The molecule has 0 radical (unpaired) electrons. The van der Waals surface area contributed by atoms with Crippen molar-refractivity contribution in [1.82, 2.24) is 0 Å². The van der Waals surface area contributed by atoms with Crippen molar-refractivity contribution in [2.24, 2.45) is 0 Å².